The number of rotatable bonds is 4. The summed E-state index contributed by atoms with van der Waals surface area (Å²) in [5, 5.41) is 21.6. The number of aliphatic hydroxyl groups excluding tert-OH is 1. The van der Waals surface area contributed by atoms with Crippen LogP contribution in [0.1, 0.15) is 24.5 Å². The average Bonchev–Trinajstić information content (AvgIpc) is 2.97. The van der Waals surface area contributed by atoms with Crippen molar-refractivity contribution in [2.45, 2.75) is 18.9 Å². The lowest BCUT2D eigenvalue weighted by molar-refractivity contribution is -0.388. The topological polar surface area (TPSA) is 84.4 Å². The van der Waals surface area contributed by atoms with Gasteiger partial charge in [0, 0.05) is 20.1 Å². The molecule has 122 valence electrons. The van der Waals surface area contributed by atoms with E-state index >= 15 is 0 Å². The van der Waals surface area contributed by atoms with Crippen molar-refractivity contribution in [1.29, 1.82) is 0 Å². The van der Waals surface area contributed by atoms with E-state index in [2.05, 4.69) is 4.98 Å². The van der Waals surface area contributed by atoms with Crippen molar-refractivity contribution >= 4 is 11.6 Å². The van der Waals surface area contributed by atoms with Gasteiger partial charge in [-0.25, -0.2) is 0 Å². The minimum atomic E-state index is -0.486. The molecule has 0 saturated carbocycles. The summed E-state index contributed by atoms with van der Waals surface area (Å²) in [5.74, 6) is 0.609. The molecule has 23 heavy (non-hydrogen) atoms. The molecule has 0 spiro atoms. The molecule has 0 unspecified atom stereocenters. The fourth-order valence-electron chi connectivity index (χ4n) is 3.25. The Morgan fingerprint density at radius 2 is 1.96 bits per heavy atom. The Morgan fingerprint density at radius 1 is 1.30 bits per heavy atom. The first-order valence-electron chi connectivity index (χ1n) is 7.71. The van der Waals surface area contributed by atoms with Crippen LogP contribution in [0.15, 0.2) is 36.7 Å². The van der Waals surface area contributed by atoms with E-state index < -0.39 is 11.0 Å². The highest BCUT2D eigenvalue weighted by Gasteiger charge is 2.31. The molecule has 2 heterocycles. The van der Waals surface area contributed by atoms with Gasteiger partial charge in [-0.3, -0.25) is 4.57 Å². The molecule has 3 rings (SSSR count). The Labute approximate surface area is 134 Å². The van der Waals surface area contributed by atoms with Crippen LogP contribution >= 0.6 is 0 Å². The van der Waals surface area contributed by atoms with E-state index in [9.17, 15) is 15.2 Å². The van der Waals surface area contributed by atoms with Gasteiger partial charge in [0.25, 0.3) is 0 Å². The van der Waals surface area contributed by atoms with Gasteiger partial charge in [0.15, 0.2) is 0 Å². The predicted octanol–water partition coefficient (Wildman–Crippen LogP) is 2.28. The molecule has 1 aromatic carbocycles. The van der Waals surface area contributed by atoms with E-state index in [1.54, 1.807) is 11.6 Å². The second kappa shape index (κ2) is 6.37. The smallest absolute Gasteiger partial charge is 0.388 e. The molecule has 1 aliphatic heterocycles. The summed E-state index contributed by atoms with van der Waals surface area (Å²) >= 11 is 0. The third-order valence-electron chi connectivity index (χ3n) is 4.49. The van der Waals surface area contributed by atoms with Crippen molar-refractivity contribution in [3.63, 3.8) is 0 Å². The third-order valence-corrected chi connectivity index (χ3v) is 4.49. The van der Waals surface area contributed by atoms with Crippen LogP contribution in [0.5, 0.6) is 0 Å². The van der Waals surface area contributed by atoms with Gasteiger partial charge < -0.3 is 20.1 Å². The van der Waals surface area contributed by atoms with Crippen molar-refractivity contribution < 1.29 is 10.0 Å². The molecule has 1 saturated heterocycles. The molecule has 0 aliphatic carbocycles. The lowest BCUT2D eigenvalue weighted by Crippen LogP contribution is -2.37. The van der Waals surface area contributed by atoms with Crippen molar-refractivity contribution in [2.75, 3.05) is 18.0 Å². The van der Waals surface area contributed by atoms with Gasteiger partial charge in [0.05, 0.1) is 6.10 Å². The van der Waals surface area contributed by atoms with Gasteiger partial charge in [-0.15, -0.1) is 0 Å². The van der Waals surface area contributed by atoms with Crippen LogP contribution in [0, 0.1) is 16.0 Å². The van der Waals surface area contributed by atoms with E-state index in [4.69, 9.17) is 0 Å². The van der Waals surface area contributed by atoms with Crippen LogP contribution in [0.2, 0.25) is 0 Å². The summed E-state index contributed by atoms with van der Waals surface area (Å²) in [6.45, 7) is 1.35. The van der Waals surface area contributed by atoms with Gasteiger partial charge in [-0.2, -0.15) is 0 Å². The molecule has 0 amide bonds. The number of benzene rings is 1. The zero-order chi connectivity index (χ0) is 16.4. The van der Waals surface area contributed by atoms with Crippen molar-refractivity contribution in [2.24, 2.45) is 13.0 Å². The highest BCUT2D eigenvalue weighted by molar-refractivity contribution is 5.54. The first kappa shape index (κ1) is 15.5. The molecule has 1 aliphatic rings. The van der Waals surface area contributed by atoms with Crippen molar-refractivity contribution in [1.82, 2.24) is 9.55 Å². The first-order chi connectivity index (χ1) is 11.1. The molecule has 0 bridgehead atoms. The van der Waals surface area contributed by atoms with E-state index in [1.807, 2.05) is 35.2 Å². The van der Waals surface area contributed by atoms with Gasteiger partial charge in [-0.1, -0.05) is 30.3 Å². The number of imidazole rings is 1. The Balaban J connectivity index is 1.70. The molecule has 7 heteroatoms. The first-order valence-corrected chi connectivity index (χ1v) is 7.71. The van der Waals surface area contributed by atoms with Crippen LogP contribution in [0.25, 0.3) is 0 Å². The molecule has 2 aromatic rings. The number of nitro groups is 1. The molecular formula is C16H20N4O3. The Bertz CT molecular complexity index is 678. The number of aromatic nitrogens is 2. The van der Waals surface area contributed by atoms with E-state index in [1.165, 1.54) is 6.33 Å². The number of nitrogens with zero attached hydrogens (tertiary/aromatic N) is 4. The average molecular weight is 316 g/mol. The Hall–Kier alpha value is -2.41. The normalized spacial score (nSPS) is 17.2. The third kappa shape index (κ3) is 3.05. The fourth-order valence-corrected chi connectivity index (χ4v) is 3.25. The van der Waals surface area contributed by atoms with Gasteiger partial charge in [-0.05, 0) is 34.2 Å². The molecular weight excluding hydrogens is 296 g/mol. The molecule has 7 nitrogen and oxygen atoms in total. The highest BCUT2D eigenvalue weighted by atomic mass is 16.6. The molecule has 1 atom stereocenters. The number of piperidine rings is 1. The summed E-state index contributed by atoms with van der Waals surface area (Å²) in [4.78, 5) is 16.5. The largest absolute Gasteiger partial charge is 0.406 e. The van der Waals surface area contributed by atoms with Gasteiger partial charge in [0.1, 0.15) is 0 Å². The number of aliphatic hydroxyl groups is 1. The summed E-state index contributed by atoms with van der Waals surface area (Å²) in [6, 6.07) is 9.64. The summed E-state index contributed by atoms with van der Waals surface area (Å²) in [5.41, 5.74) is 0.928. The van der Waals surface area contributed by atoms with E-state index in [0.717, 1.165) is 18.4 Å². The SMILES string of the molecule is Cn1cnc([N+](=O)[O-])c1N1CCC([C@@H](O)c2ccccc2)CC1. The van der Waals surface area contributed by atoms with E-state index in [-0.39, 0.29) is 11.7 Å². The van der Waals surface area contributed by atoms with Crippen molar-refractivity contribution in [3.05, 3.63) is 52.3 Å². The zero-order valence-corrected chi connectivity index (χ0v) is 13.0. The van der Waals surface area contributed by atoms with Gasteiger partial charge >= 0.3 is 5.82 Å². The zero-order valence-electron chi connectivity index (χ0n) is 13.0. The minimum absolute atomic E-state index is 0.102. The van der Waals surface area contributed by atoms with Crippen LogP contribution in [0.4, 0.5) is 11.6 Å². The number of anilines is 1. The van der Waals surface area contributed by atoms with Crippen LogP contribution in [0.3, 0.4) is 0 Å². The Morgan fingerprint density at radius 3 is 2.57 bits per heavy atom. The number of hydrogen-bond donors (Lipinski definition) is 1. The van der Waals surface area contributed by atoms with Gasteiger partial charge in [0.2, 0.25) is 12.1 Å². The molecule has 1 N–H and O–H groups in total. The fraction of sp³-hybridized carbons (Fsp3) is 0.438. The standard InChI is InChI=1S/C16H20N4O3/c1-18-11-17-15(20(22)23)16(18)19-9-7-13(8-10-19)14(21)12-5-3-2-4-6-12/h2-6,11,13-14,21H,7-10H2,1H3/t14-/m0/s1. The number of aryl methyl sites for hydroxylation is 1. The maximum absolute atomic E-state index is 11.1. The molecule has 1 fully saturated rings. The predicted molar refractivity (Wildman–Crippen MR) is 86.2 cm³/mol. The quantitative estimate of drug-likeness (QED) is 0.691. The monoisotopic (exact) mass is 316 g/mol. The summed E-state index contributed by atoms with van der Waals surface area (Å²) in [7, 11) is 1.76. The highest BCUT2D eigenvalue weighted by Crippen LogP contribution is 2.34. The van der Waals surface area contributed by atoms with E-state index in [0.29, 0.717) is 18.9 Å². The van der Waals surface area contributed by atoms with Crippen LogP contribution in [-0.4, -0.2) is 32.7 Å². The van der Waals surface area contributed by atoms with Crippen molar-refractivity contribution in [3.8, 4) is 0 Å². The number of hydrogen-bond acceptors (Lipinski definition) is 5. The Kier molecular flexibility index (Phi) is 4.29. The van der Waals surface area contributed by atoms with Crippen LogP contribution < -0.4 is 4.90 Å². The van der Waals surface area contributed by atoms with Crippen LogP contribution in [-0.2, 0) is 7.05 Å². The second-order valence-electron chi connectivity index (χ2n) is 5.94. The molecule has 1 aromatic heterocycles. The minimum Gasteiger partial charge on any atom is -0.388 e. The lowest BCUT2D eigenvalue weighted by atomic mass is 9.87. The maximum Gasteiger partial charge on any atom is 0.406 e. The summed E-state index contributed by atoms with van der Waals surface area (Å²) < 4.78 is 1.69. The molecule has 0 radical (unpaired) electrons. The second-order valence-corrected chi connectivity index (χ2v) is 5.94. The summed E-state index contributed by atoms with van der Waals surface area (Å²) in [6.07, 6.45) is 2.56. The lowest BCUT2D eigenvalue weighted by Gasteiger charge is -2.35. The maximum atomic E-state index is 11.1.